The second kappa shape index (κ2) is 8.73. The number of benzene rings is 1. The number of nitrogens with one attached hydrogen (secondary N) is 1. The van der Waals surface area contributed by atoms with E-state index in [1.54, 1.807) is 0 Å². The molecule has 1 heterocycles. The fourth-order valence-electron chi connectivity index (χ4n) is 2.18. The minimum absolute atomic E-state index is 0.532. The Kier molecular flexibility index (Phi) is 7.31. The standard InChI is InChI=1S/C11H14ClN.C4H7NO4/c1-8-7-13-5-4-9-2-3-10(12)6-11(8)9;5-2(4(8)9)1-3(6)7/h2-3,6,8,13H,4-5,7H2,1H3;2H,1,5H2,(H,6,7)(H,8,9)/t8-;2-/m00/s1. The Balaban J connectivity index is 0.000000239. The van der Waals surface area contributed by atoms with Crippen molar-refractivity contribution in [2.75, 3.05) is 13.1 Å². The molecule has 1 aromatic carbocycles. The third kappa shape index (κ3) is 6.01. The highest BCUT2D eigenvalue weighted by Gasteiger charge is 2.15. The number of carboxylic acid groups (broad SMARTS) is 2. The average Bonchev–Trinajstić information content (AvgIpc) is 2.61. The molecule has 7 heteroatoms. The minimum atomic E-state index is -1.29. The van der Waals surface area contributed by atoms with Gasteiger partial charge in [0.2, 0.25) is 0 Å². The largest absolute Gasteiger partial charge is 0.481 e. The van der Waals surface area contributed by atoms with Crippen molar-refractivity contribution >= 4 is 23.5 Å². The van der Waals surface area contributed by atoms with E-state index in [0.29, 0.717) is 5.92 Å². The van der Waals surface area contributed by atoms with E-state index in [9.17, 15) is 9.59 Å². The number of carboxylic acids is 2. The van der Waals surface area contributed by atoms with Gasteiger partial charge < -0.3 is 21.3 Å². The molecule has 1 aromatic rings. The van der Waals surface area contributed by atoms with E-state index in [1.165, 1.54) is 11.1 Å². The molecule has 0 aliphatic carbocycles. The van der Waals surface area contributed by atoms with Crippen molar-refractivity contribution in [2.24, 2.45) is 5.73 Å². The fraction of sp³-hybridized carbons (Fsp3) is 0.467. The highest BCUT2D eigenvalue weighted by molar-refractivity contribution is 6.30. The second-order valence-corrected chi connectivity index (χ2v) is 5.68. The number of hydrogen-bond donors (Lipinski definition) is 4. The van der Waals surface area contributed by atoms with Crippen LogP contribution in [0.15, 0.2) is 18.2 Å². The topological polar surface area (TPSA) is 113 Å². The third-order valence-corrected chi connectivity index (χ3v) is 3.61. The van der Waals surface area contributed by atoms with Crippen LogP contribution in [-0.4, -0.2) is 41.3 Å². The molecule has 0 aromatic heterocycles. The summed E-state index contributed by atoms with van der Waals surface area (Å²) < 4.78 is 0. The van der Waals surface area contributed by atoms with Crippen molar-refractivity contribution in [2.45, 2.75) is 31.7 Å². The van der Waals surface area contributed by atoms with Gasteiger partial charge >= 0.3 is 11.9 Å². The lowest BCUT2D eigenvalue weighted by molar-refractivity contribution is -0.144. The Hall–Kier alpha value is -1.63. The molecule has 0 unspecified atom stereocenters. The Morgan fingerprint density at radius 3 is 2.68 bits per heavy atom. The maximum atomic E-state index is 9.85. The maximum Gasteiger partial charge on any atom is 0.321 e. The number of nitrogens with two attached hydrogens (primary N) is 1. The van der Waals surface area contributed by atoms with Crippen molar-refractivity contribution < 1.29 is 19.8 Å². The molecular formula is C15H21ClN2O4. The molecule has 0 fully saturated rings. The van der Waals surface area contributed by atoms with Crippen LogP contribution < -0.4 is 11.1 Å². The highest BCUT2D eigenvalue weighted by Crippen LogP contribution is 2.25. The lowest BCUT2D eigenvalue weighted by Gasteiger charge is -2.11. The van der Waals surface area contributed by atoms with Crippen LogP contribution in [0.2, 0.25) is 5.02 Å². The molecule has 0 bridgehead atoms. The van der Waals surface area contributed by atoms with Crippen molar-refractivity contribution in [3.63, 3.8) is 0 Å². The zero-order chi connectivity index (χ0) is 16.7. The summed E-state index contributed by atoms with van der Waals surface area (Å²) in [7, 11) is 0. The van der Waals surface area contributed by atoms with Crippen molar-refractivity contribution in [3.8, 4) is 0 Å². The van der Waals surface area contributed by atoms with Crippen LogP contribution in [0.25, 0.3) is 0 Å². The molecule has 2 atom stereocenters. The third-order valence-electron chi connectivity index (χ3n) is 3.37. The normalized spacial score (nSPS) is 18.2. The van der Waals surface area contributed by atoms with Crippen LogP contribution >= 0.6 is 11.6 Å². The number of aliphatic carboxylic acids is 2. The van der Waals surface area contributed by atoms with Gasteiger partial charge in [0, 0.05) is 11.6 Å². The molecule has 1 aliphatic heterocycles. The number of carbonyl (C=O) groups is 2. The van der Waals surface area contributed by atoms with Crippen molar-refractivity contribution in [1.82, 2.24) is 5.32 Å². The summed E-state index contributed by atoms with van der Waals surface area (Å²) >= 11 is 5.97. The van der Waals surface area contributed by atoms with E-state index in [0.717, 1.165) is 24.5 Å². The van der Waals surface area contributed by atoms with E-state index in [-0.39, 0.29) is 0 Å². The van der Waals surface area contributed by atoms with Crippen LogP contribution in [0.3, 0.4) is 0 Å². The summed E-state index contributed by atoms with van der Waals surface area (Å²) in [6.45, 7) is 4.39. The predicted molar refractivity (Wildman–Crippen MR) is 84.3 cm³/mol. The van der Waals surface area contributed by atoms with E-state index >= 15 is 0 Å². The van der Waals surface area contributed by atoms with Gasteiger partial charge in [0.25, 0.3) is 0 Å². The maximum absolute atomic E-state index is 9.85. The Bertz CT molecular complexity index is 536. The summed E-state index contributed by atoms with van der Waals surface area (Å²) in [5.74, 6) is -1.92. The Morgan fingerprint density at radius 1 is 1.45 bits per heavy atom. The SMILES string of the molecule is C[C@H]1CNCCc2ccc(Cl)cc21.N[C@@H](CC(=O)O)C(=O)O. The smallest absolute Gasteiger partial charge is 0.321 e. The first-order valence-corrected chi connectivity index (χ1v) is 7.38. The van der Waals surface area contributed by atoms with E-state index < -0.39 is 24.4 Å². The molecule has 5 N–H and O–H groups in total. The molecule has 0 spiro atoms. The molecule has 2 rings (SSSR count). The van der Waals surface area contributed by atoms with Gasteiger partial charge in [-0.2, -0.15) is 0 Å². The highest BCUT2D eigenvalue weighted by atomic mass is 35.5. The number of fused-ring (bicyclic) bond motifs is 1. The lowest BCUT2D eigenvalue weighted by Crippen LogP contribution is -2.32. The zero-order valence-electron chi connectivity index (χ0n) is 12.4. The molecule has 0 radical (unpaired) electrons. The quantitative estimate of drug-likeness (QED) is 0.668. The van der Waals surface area contributed by atoms with Gasteiger partial charge in [-0.1, -0.05) is 24.6 Å². The van der Waals surface area contributed by atoms with Crippen LogP contribution in [0, 0.1) is 0 Å². The first kappa shape index (κ1) is 18.4. The van der Waals surface area contributed by atoms with Crippen molar-refractivity contribution in [1.29, 1.82) is 0 Å². The first-order chi connectivity index (χ1) is 10.3. The molecular weight excluding hydrogens is 308 g/mol. The summed E-state index contributed by atoms with van der Waals surface area (Å²) in [6, 6.07) is 4.95. The molecule has 6 nitrogen and oxygen atoms in total. The monoisotopic (exact) mass is 328 g/mol. The van der Waals surface area contributed by atoms with Gasteiger partial charge in [-0.15, -0.1) is 0 Å². The average molecular weight is 329 g/mol. The molecule has 22 heavy (non-hydrogen) atoms. The molecule has 0 amide bonds. The van der Waals surface area contributed by atoms with Crippen LogP contribution in [0.1, 0.15) is 30.4 Å². The van der Waals surface area contributed by atoms with Gasteiger partial charge in [-0.05, 0) is 42.1 Å². The zero-order valence-corrected chi connectivity index (χ0v) is 13.1. The van der Waals surface area contributed by atoms with Gasteiger partial charge in [-0.25, -0.2) is 0 Å². The van der Waals surface area contributed by atoms with Gasteiger partial charge in [-0.3, -0.25) is 9.59 Å². The Labute approximate surface area is 134 Å². The molecule has 1 aliphatic rings. The minimum Gasteiger partial charge on any atom is -0.481 e. The second-order valence-electron chi connectivity index (χ2n) is 5.24. The van der Waals surface area contributed by atoms with Crippen LogP contribution in [-0.2, 0) is 16.0 Å². The van der Waals surface area contributed by atoms with Gasteiger partial charge in [0.1, 0.15) is 6.04 Å². The van der Waals surface area contributed by atoms with E-state index in [2.05, 4.69) is 24.4 Å². The molecule has 0 saturated carbocycles. The van der Waals surface area contributed by atoms with Gasteiger partial charge in [0.15, 0.2) is 0 Å². The number of halogens is 1. The summed E-state index contributed by atoms with van der Waals surface area (Å²) in [4.78, 5) is 19.6. The number of rotatable bonds is 3. The van der Waals surface area contributed by atoms with Crippen molar-refractivity contribution in [3.05, 3.63) is 34.3 Å². The Morgan fingerprint density at radius 2 is 2.14 bits per heavy atom. The summed E-state index contributed by atoms with van der Waals surface area (Å²) in [5.41, 5.74) is 7.70. The predicted octanol–water partition coefficient (Wildman–Crippen LogP) is 1.46. The summed E-state index contributed by atoms with van der Waals surface area (Å²) in [6.07, 6.45) is 0.589. The lowest BCUT2D eigenvalue weighted by atomic mass is 9.96. The number of hydrogen-bond acceptors (Lipinski definition) is 4. The van der Waals surface area contributed by atoms with E-state index in [4.69, 9.17) is 27.5 Å². The summed E-state index contributed by atoms with van der Waals surface area (Å²) in [5, 5.41) is 20.3. The van der Waals surface area contributed by atoms with Crippen LogP contribution in [0.5, 0.6) is 0 Å². The first-order valence-electron chi connectivity index (χ1n) is 7.00. The molecule has 122 valence electrons. The van der Waals surface area contributed by atoms with Crippen LogP contribution in [0.4, 0.5) is 0 Å². The molecule has 0 saturated heterocycles. The fourth-order valence-corrected chi connectivity index (χ4v) is 2.36. The van der Waals surface area contributed by atoms with E-state index in [1.807, 2.05) is 6.07 Å². The van der Waals surface area contributed by atoms with Gasteiger partial charge in [0.05, 0.1) is 6.42 Å².